The number of esters is 1. The number of rotatable bonds is 6. The summed E-state index contributed by atoms with van der Waals surface area (Å²) in [5.41, 5.74) is -0.914. The lowest BCUT2D eigenvalue weighted by molar-refractivity contribution is -0.162. The zero-order valence-corrected chi connectivity index (χ0v) is 17.8. The molecule has 0 aromatic heterocycles. The first-order valence-electron chi connectivity index (χ1n) is 10.2. The Kier molecular flexibility index (Phi) is 6.72. The van der Waals surface area contributed by atoms with Crippen LogP contribution in [0.25, 0.3) is 0 Å². The molecule has 0 aromatic carbocycles. The summed E-state index contributed by atoms with van der Waals surface area (Å²) in [5, 5.41) is 2.80. The third-order valence-electron chi connectivity index (χ3n) is 5.81. The summed E-state index contributed by atoms with van der Waals surface area (Å²) in [6.45, 7) is 10.5. The number of nitrogens with one attached hydrogen (secondary N) is 1. The minimum Gasteiger partial charge on any atom is -0.451 e. The van der Waals surface area contributed by atoms with Crippen molar-refractivity contribution >= 4 is 23.8 Å². The summed E-state index contributed by atoms with van der Waals surface area (Å²) in [5.74, 6) is -1.42. The molecule has 1 N–H and O–H groups in total. The lowest BCUT2D eigenvalue weighted by atomic mass is 9.73. The van der Waals surface area contributed by atoms with E-state index >= 15 is 0 Å². The predicted octanol–water partition coefficient (Wildman–Crippen LogP) is 2.06. The number of carbonyl (C=O) groups is 4. The minimum atomic E-state index is -0.986. The molecule has 2 rings (SSSR count). The number of nitrogens with zero attached hydrogens (tertiary/aromatic N) is 2. The van der Waals surface area contributed by atoms with E-state index < -0.39 is 30.2 Å². The Morgan fingerprint density at radius 2 is 1.79 bits per heavy atom. The molecule has 1 aliphatic heterocycles. The van der Waals surface area contributed by atoms with Crippen LogP contribution in [-0.4, -0.2) is 63.9 Å². The Hall–Kier alpha value is -2.12. The van der Waals surface area contributed by atoms with Gasteiger partial charge >= 0.3 is 12.0 Å². The molecule has 1 heterocycles. The standard InChI is InChI=1S/C20H33N3O5/c1-12(2)23(13(3)4)17(25)15(6)28-16(24)11-22-18(26)20(21-19(22)27)10-8-7-9-14(20)5/h12-15H,7-11H2,1-6H3,(H,21,27)/t14-,15+,20+/m1/s1. The predicted molar refractivity (Wildman–Crippen MR) is 103 cm³/mol. The molecular formula is C20H33N3O5. The van der Waals surface area contributed by atoms with E-state index in [2.05, 4.69) is 5.32 Å². The second-order valence-corrected chi connectivity index (χ2v) is 8.50. The second-order valence-electron chi connectivity index (χ2n) is 8.50. The van der Waals surface area contributed by atoms with E-state index in [9.17, 15) is 19.2 Å². The zero-order chi connectivity index (χ0) is 21.2. The van der Waals surface area contributed by atoms with Crippen molar-refractivity contribution in [2.75, 3.05) is 6.54 Å². The highest BCUT2D eigenvalue weighted by Crippen LogP contribution is 2.38. The van der Waals surface area contributed by atoms with Gasteiger partial charge in [0.2, 0.25) is 0 Å². The van der Waals surface area contributed by atoms with Crippen molar-refractivity contribution < 1.29 is 23.9 Å². The molecule has 1 saturated carbocycles. The first kappa shape index (κ1) is 22.2. The molecule has 0 unspecified atom stereocenters. The summed E-state index contributed by atoms with van der Waals surface area (Å²) in [6.07, 6.45) is 2.34. The number of ether oxygens (including phenoxy) is 1. The monoisotopic (exact) mass is 395 g/mol. The number of hydrogen-bond acceptors (Lipinski definition) is 5. The molecular weight excluding hydrogens is 362 g/mol. The largest absolute Gasteiger partial charge is 0.451 e. The van der Waals surface area contributed by atoms with Gasteiger partial charge in [-0.2, -0.15) is 0 Å². The molecule has 8 nitrogen and oxygen atoms in total. The molecule has 2 aliphatic rings. The Morgan fingerprint density at radius 3 is 2.32 bits per heavy atom. The summed E-state index contributed by atoms with van der Waals surface area (Å²) in [7, 11) is 0. The highest BCUT2D eigenvalue weighted by molar-refractivity contribution is 6.09. The Bertz CT molecular complexity index is 640. The van der Waals surface area contributed by atoms with E-state index in [0.717, 1.165) is 24.2 Å². The van der Waals surface area contributed by atoms with Crippen molar-refractivity contribution in [1.29, 1.82) is 0 Å². The molecule has 0 aromatic rings. The zero-order valence-electron chi connectivity index (χ0n) is 17.8. The van der Waals surface area contributed by atoms with E-state index in [1.54, 1.807) is 4.90 Å². The Morgan fingerprint density at radius 1 is 1.18 bits per heavy atom. The quantitative estimate of drug-likeness (QED) is 0.549. The maximum absolute atomic E-state index is 12.9. The molecule has 0 radical (unpaired) electrons. The molecule has 1 saturated heterocycles. The van der Waals surface area contributed by atoms with Crippen LogP contribution in [0.15, 0.2) is 0 Å². The van der Waals surface area contributed by atoms with Crippen LogP contribution in [-0.2, 0) is 19.1 Å². The van der Waals surface area contributed by atoms with Gasteiger partial charge in [-0.15, -0.1) is 0 Å². The van der Waals surface area contributed by atoms with E-state index in [-0.39, 0.29) is 29.8 Å². The van der Waals surface area contributed by atoms with Gasteiger partial charge in [-0.1, -0.05) is 19.8 Å². The molecule has 28 heavy (non-hydrogen) atoms. The molecule has 4 amide bonds. The summed E-state index contributed by atoms with van der Waals surface area (Å²) in [4.78, 5) is 52.8. The number of amides is 4. The van der Waals surface area contributed by atoms with Crippen LogP contribution in [0.3, 0.4) is 0 Å². The molecule has 8 heteroatoms. The van der Waals surface area contributed by atoms with Gasteiger partial charge in [-0.3, -0.25) is 19.3 Å². The minimum absolute atomic E-state index is 0.0184. The SMILES string of the molecule is CC(C)N(C(=O)[C@H](C)OC(=O)CN1C(=O)N[C@]2(CCCC[C@H]2C)C1=O)C(C)C. The normalized spacial score (nSPS) is 26.0. The number of urea groups is 1. The van der Waals surface area contributed by atoms with Crippen molar-refractivity contribution in [3.05, 3.63) is 0 Å². The van der Waals surface area contributed by atoms with Crippen molar-refractivity contribution in [2.24, 2.45) is 5.92 Å². The summed E-state index contributed by atoms with van der Waals surface area (Å²) >= 11 is 0. The first-order valence-corrected chi connectivity index (χ1v) is 10.2. The fourth-order valence-electron chi connectivity index (χ4n) is 4.37. The average Bonchev–Trinajstić information content (AvgIpc) is 2.82. The molecule has 0 bridgehead atoms. The van der Waals surface area contributed by atoms with E-state index in [4.69, 9.17) is 4.74 Å². The van der Waals surface area contributed by atoms with Gasteiger partial charge in [0.25, 0.3) is 11.8 Å². The molecule has 1 aliphatic carbocycles. The maximum Gasteiger partial charge on any atom is 0.327 e. The van der Waals surface area contributed by atoms with Crippen LogP contribution in [0.5, 0.6) is 0 Å². The number of carbonyl (C=O) groups excluding carboxylic acids is 4. The van der Waals surface area contributed by atoms with Gasteiger partial charge in [0.1, 0.15) is 12.1 Å². The third kappa shape index (κ3) is 4.15. The Labute approximate surface area is 166 Å². The van der Waals surface area contributed by atoms with Crippen molar-refractivity contribution in [3.8, 4) is 0 Å². The van der Waals surface area contributed by atoms with Crippen LogP contribution in [0.2, 0.25) is 0 Å². The van der Waals surface area contributed by atoms with Crippen LogP contribution >= 0.6 is 0 Å². The van der Waals surface area contributed by atoms with Crippen LogP contribution in [0.1, 0.15) is 67.2 Å². The van der Waals surface area contributed by atoms with E-state index in [1.807, 2.05) is 34.6 Å². The molecule has 158 valence electrons. The van der Waals surface area contributed by atoms with E-state index in [1.165, 1.54) is 6.92 Å². The van der Waals surface area contributed by atoms with Crippen LogP contribution < -0.4 is 5.32 Å². The Balaban J connectivity index is 2.02. The van der Waals surface area contributed by atoms with Crippen molar-refractivity contribution in [1.82, 2.24) is 15.1 Å². The summed E-state index contributed by atoms with van der Waals surface area (Å²) in [6, 6.07) is -0.639. The lowest BCUT2D eigenvalue weighted by Crippen LogP contribution is -2.54. The van der Waals surface area contributed by atoms with Gasteiger partial charge in [-0.05, 0) is 53.4 Å². The highest BCUT2D eigenvalue weighted by Gasteiger charge is 2.55. The highest BCUT2D eigenvalue weighted by atomic mass is 16.5. The van der Waals surface area contributed by atoms with E-state index in [0.29, 0.717) is 6.42 Å². The number of hydrogen-bond donors (Lipinski definition) is 1. The maximum atomic E-state index is 12.9. The van der Waals surface area contributed by atoms with Gasteiger partial charge in [0.05, 0.1) is 0 Å². The van der Waals surface area contributed by atoms with Gasteiger partial charge in [0.15, 0.2) is 6.10 Å². The fourth-order valence-corrected chi connectivity index (χ4v) is 4.37. The molecule has 3 atom stereocenters. The second kappa shape index (κ2) is 8.49. The van der Waals surface area contributed by atoms with Crippen molar-refractivity contribution in [2.45, 2.75) is 91.0 Å². The lowest BCUT2D eigenvalue weighted by Gasteiger charge is -2.36. The first-order chi connectivity index (χ1) is 13.0. The van der Waals surface area contributed by atoms with Crippen molar-refractivity contribution in [3.63, 3.8) is 0 Å². The fraction of sp³-hybridized carbons (Fsp3) is 0.800. The van der Waals surface area contributed by atoms with Crippen LogP contribution in [0, 0.1) is 5.92 Å². The van der Waals surface area contributed by atoms with Crippen LogP contribution in [0.4, 0.5) is 4.79 Å². The topological polar surface area (TPSA) is 96.0 Å². The average molecular weight is 396 g/mol. The smallest absolute Gasteiger partial charge is 0.327 e. The third-order valence-corrected chi connectivity index (χ3v) is 5.81. The number of imide groups is 1. The summed E-state index contributed by atoms with van der Waals surface area (Å²) < 4.78 is 5.25. The molecule has 1 spiro atoms. The van der Waals surface area contributed by atoms with Gasteiger partial charge in [0, 0.05) is 12.1 Å². The van der Waals surface area contributed by atoms with Gasteiger partial charge in [-0.25, -0.2) is 4.79 Å². The van der Waals surface area contributed by atoms with Gasteiger partial charge < -0.3 is 15.0 Å². The molecule has 2 fully saturated rings.